The Balaban J connectivity index is 1.39. The molecule has 7 nitrogen and oxygen atoms in total. The molecule has 3 amide bonds. The van der Waals surface area contributed by atoms with Crippen molar-refractivity contribution in [1.29, 1.82) is 0 Å². The van der Waals surface area contributed by atoms with Gasteiger partial charge in [-0.1, -0.05) is 0 Å². The third-order valence-electron chi connectivity index (χ3n) is 5.01. The summed E-state index contributed by atoms with van der Waals surface area (Å²) in [6.07, 6.45) is 3.08. The Bertz CT molecular complexity index is 1280. The van der Waals surface area contributed by atoms with Gasteiger partial charge in [-0.15, -0.1) is 0 Å². The molecule has 0 saturated heterocycles. The molecule has 1 heterocycles. The Morgan fingerprint density at radius 2 is 1.71 bits per heavy atom. The average molecular weight is 488 g/mol. The quantitative estimate of drug-likeness (QED) is 0.343. The van der Waals surface area contributed by atoms with Crippen molar-refractivity contribution in [1.82, 2.24) is 4.98 Å². The number of hydrogen-bond donors (Lipinski definition) is 3. The molecular weight excluding hydrogens is 468 g/mol. The Hall–Kier alpha value is -4.15. The summed E-state index contributed by atoms with van der Waals surface area (Å²) in [6.45, 7) is 0.606. The van der Waals surface area contributed by atoms with Crippen molar-refractivity contribution < 1.29 is 31.9 Å². The molecule has 11 heteroatoms. The zero-order valence-electron chi connectivity index (χ0n) is 18.4. The minimum Gasteiger partial charge on any atom is -0.454 e. The molecule has 0 aliphatic heterocycles. The van der Waals surface area contributed by atoms with E-state index >= 15 is 0 Å². The van der Waals surface area contributed by atoms with Crippen molar-refractivity contribution in [2.75, 3.05) is 16.0 Å². The predicted molar refractivity (Wildman–Crippen MR) is 121 cm³/mol. The molecule has 0 radical (unpaired) electrons. The largest absolute Gasteiger partial charge is 0.454 e. The zero-order chi connectivity index (χ0) is 25.2. The molecule has 1 aliphatic rings. The molecule has 3 aromatic rings. The maximum absolute atomic E-state index is 14.6. The van der Waals surface area contributed by atoms with Gasteiger partial charge in [-0.25, -0.2) is 27.3 Å². The number of carbonyl (C=O) groups excluding carboxylic acids is 2. The van der Waals surface area contributed by atoms with Crippen LogP contribution in [0.1, 0.15) is 25.3 Å². The normalized spacial score (nSPS) is 13.2. The highest BCUT2D eigenvalue weighted by atomic mass is 19.3. The predicted octanol–water partition coefficient (Wildman–Crippen LogP) is 6.26. The lowest BCUT2D eigenvalue weighted by Crippen LogP contribution is -2.20. The summed E-state index contributed by atoms with van der Waals surface area (Å²) in [5.41, 5.74) is -0.759. The SMILES string of the molecule is CC(F)(F)c1cc(F)cc(NC(=O)Nc2ccc(Oc3ccnc(NC(=O)C4CC4)c3)c(F)c2)c1. The fraction of sp³-hybridized carbons (Fsp3) is 0.208. The van der Waals surface area contributed by atoms with Gasteiger partial charge in [0.2, 0.25) is 5.91 Å². The smallest absolute Gasteiger partial charge is 0.323 e. The lowest BCUT2D eigenvalue weighted by Gasteiger charge is -2.14. The Labute approximate surface area is 197 Å². The molecule has 1 aliphatic carbocycles. The van der Waals surface area contributed by atoms with Crippen LogP contribution in [0.4, 0.5) is 39.5 Å². The van der Waals surface area contributed by atoms with Crippen LogP contribution >= 0.6 is 0 Å². The molecule has 35 heavy (non-hydrogen) atoms. The van der Waals surface area contributed by atoms with Crippen LogP contribution in [0.5, 0.6) is 11.5 Å². The van der Waals surface area contributed by atoms with Gasteiger partial charge in [0.05, 0.1) is 0 Å². The van der Waals surface area contributed by atoms with Crippen molar-refractivity contribution >= 4 is 29.1 Å². The second-order valence-corrected chi connectivity index (χ2v) is 8.08. The van der Waals surface area contributed by atoms with E-state index in [0.717, 1.165) is 31.0 Å². The van der Waals surface area contributed by atoms with Gasteiger partial charge in [0.1, 0.15) is 17.4 Å². The third-order valence-corrected chi connectivity index (χ3v) is 5.01. The molecule has 3 N–H and O–H groups in total. The zero-order valence-corrected chi connectivity index (χ0v) is 18.4. The van der Waals surface area contributed by atoms with Crippen molar-refractivity contribution in [2.45, 2.75) is 25.7 Å². The molecule has 0 unspecified atom stereocenters. The molecule has 1 aromatic heterocycles. The first kappa shape index (κ1) is 24.0. The molecule has 0 spiro atoms. The number of alkyl halides is 2. The number of urea groups is 1. The van der Waals surface area contributed by atoms with Crippen LogP contribution in [-0.2, 0) is 10.7 Å². The summed E-state index contributed by atoms with van der Waals surface area (Å²) in [5.74, 6) is -4.83. The topological polar surface area (TPSA) is 92.3 Å². The highest BCUT2D eigenvalue weighted by molar-refractivity contribution is 5.99. The maximum Gasteiger partial charge on any atom is 0.323 e. The fourth-order valence-corrected chi connectivity index (χ4v) is 3.11. The van der Waals surface area contributed by atoms with Gasteiger partial charge in [-0.2, -0.15) is 0 Å². The Morgan fingerprint density at radius 1 is 0.971 bits per heavy atom. The van der Waals surface area contributed by atoms with E-state index in [0.29, 0.717) is 13.0 Å². The molecule has 1 saturated carbocycles. The number of benzene rings is 2. The number of aromatic nitrogens is 1. The van der Waals surface area contributed by atoms with Gasteiger partial charge in [0.15, 0.2) is 11.6 Å². The van der Waals surface area contributed by atoms with Gasteiger partial charge < -0.3 is 20.7 Å². The van der Waals surface area contributed by atoms with Gasteiger partial charge in [0, 0.05) is 48.1 Å². The number of anilines is 3. The Kier molecular flexibility index (Phi) is 6.59. The highest BCUT2D eigenvalue weighted by Crippen LogP contribution is 2.32. The number of amides is 3. The summed E-state index contributed by atoms with van der Waals surface area (Å²) in [7, 11) is 0. The van der Waals surface area contributed by atoms with Gasteiger partial charge in [-0.3, -0.25) is 4.79 Å². The average Bonchev–Trinajstić information content (AvgIpc) is 3.60. The van der Waals surface area contributed by atoms with Crippen LogP contribution in [-0.4, -0.2) is 16.9 Å². The van der Waals surface area contributed by atoms with E-state index in [1.807, 2.05) is 0 Å². The fourth-order valence-electron chi connectivity index (χ4n) is 3.11. The van der Waals surface area contributed by atoms with Crippen LogP contribution in [0.3, 0.4) is 0 Å². The molecule has 1 fully saturated rings. The minimum absolute atomic E-state index is 0.00776. The molecular formula is C24H20F4N4O3. The van der Waals surface area contributed by atoms with E-state index in [2.05, 4.69) is 20.9 Å². The van der Waals surface area contributed by atoms with Crippen molar-refractivity contribution in [2.24, 2.45) is 5.92 Å². The lowest BCUT2D eigenvalue weighted by molar-refractivity contribution is -0.117. The number of hydrogen-bond acceptors (Lipinski definition) is 4. The van der Waals surface area contributed by atoms with Crippen LogP contribution < -0.4 is 20.7 Å². The van der Waals surface area contributed by atoms with Crippen LogP contribution in [0.15, 0.2) is 54.7 Å². The number of pyridine rings is 1. The van der Waals surface area contributed by atoms with Crippen LogP contribution in [0.2, 0.25) is 0 Å². The number of rotatable bonds is 7. The van der Waals surface area contributed by atoms with E-state index < -0.39 is 29.2 Å². The van der Waals surface area contributed by atoms with Crippen molar-refractivity contribution in [3.05, 3.63) is 71.9 Å². The van der Waals surface area contributed by atoms with E-state index in [-0.39, 0.29) is 40.5 Å². The summed E-state index contributed by atoms with van der Waals surface area (Å²) in [5, 5.41) is 7.23. The number of nitrogens with one attached hydrogen (secondary N) is 3. The van der Waals surface area contributed by atoms with Crippen molar-refractivity contribution in [3.63, 3.8) is 0 Å². The maximum atomic E-state index is 14.6. The minimum atomic E-state index is -3.30. The first-order chi connectivity index (χ1) is 16.6. The summed E-state index contributed by atoms with van der Waals surface area (Å²) >= 11 is 0. The number of carbonyl (C=O) groups is 2. The molecule has 2 aromatic carbocycles. The standard InChI is InChI=1S/C24H20F4N4O3/c1-24(27,28)14-8-15(25)10-17(9-14)31-23(34)30-16-4-5-20(19(26)11-16)35-18-6-7-29-21(12-18)32-22(33)13-2-3-13/h4-13H,2-3H2,1H3,(H,29,32,33)(H2,30,31,34). The molecule has 4 rings (SSSR count). The summed E-state index contributed by atoms with van der Waals surface area (Å²) < 4.78 is 60.7. The monoisotopic (exact) mass is 488 g/mol. The molecule has 0 atom stereocenters. The van der Waals surface area contributed by atoms with Crippen LogP contribution in [0, 0.1) is 17.6 Å². The Morgan fingerprint density at radius 3 is 2.40 bits per heavy atom. The first-order valence-electron chi connectivity index (χ1n) is 10.6. The second kappa shape index (κ2) is 9.61. The summed E-state index contributed by atoms with van der Waals surface area (Å²) in [4.78, 5) is 28.1. The van der Waals surface area contributed by atoms with E-state index in [1.54, 1.807) is 0 Å². The molecule has 182 valence electrons. The van der Waals surface area contributed by atoms with Gasteiger partial charge in [-0.05, 0) is 49.2 Å². The first-order valence-corrected chi connectivity index (χ1v) is 10.6. The van der Waals surface area contributed by atoms with E-state index in [9.17, 15) is 27.2 Å². The van der Waals surface area contributed by atoms with Crippen LogP contribution in [0.25, 0.3) is 0 Å². The third kappa shape index (κ3) is 6.46. The van der Waals surface area contributed by atoms with E-state index in [4.69, 9.17) is 4.74 Å². The summed E-state index contributed by atoms with van der Waals surface area (Å²) in [6, 6.07) is 8.15. The number of halogens is 4. The van der Waals surface area contributed by atoms with Gasteiger partial charge in [0.25, 0.3) is 5.92 Å². The van der Waals surface area contributed by atoms with Gasteiger partial charge >= 0.3 is 6.03 Å². The van der Waals surface area contributed by atoms with Crippen molar-refractivity contribution in [3.8, 4) is 11.5 Å². The lowest BCUT2D eigenvalue weighted by atomic mass is 10.1. The second-order valence-electron chi connectivity index (χ2n) is 8.08. The number of ether oxygens (including phenoxy) is 1. The molecule has 0 bridgehead atoms. The number of nitrogens with zero attached hydrogens (tertiary/aromatic N) is 1. The highest BCUT2D eigenvalue weighted by Gasteiger charge is 2.30. The van der Waals surface area contributed by atoms with E-state index in [1.165, 1.54) is 30.5 Å².